The zero-order valence-corrected chi connectivity index (χ0v) is 26.8. The molecule has 0 spiro atoms. The van der Waals surface area contributed by atoms with Crippen molar-refractivity contribution in [3.8, 4) is 0 Å². The van der Waals surface area contributed by atoms with Crippen molar-refractivity contribution in [3.63, 3.8) is 0 Å². The second kappa shape index (κ2) is 13.1. The number of ether oxygens (including phenoxy) is 1. The van der Waals surface area contributed by atoms with Crippen LogP contribution in [0.15, 0.2) is 77.7 Å². The standard InChI is InChI=1S/C32H39N3O6S2/c1-32(2,3)41-31(38)28(19-29(36)33(4)20-22-11-7-6-8-12-22)34(5)30(37)27-18-25(42)21-35(27)43(39,40)26-16-15-23-13-9-10-14-24(23)17-26/h6-17,25,27-28,42H,18-21H2,1-5H3/t25-,27+,28+/m1/s1. The Bertz CT molecular complexity index is 1590. The molecule has 1 aliphatic rings. The number of carbonyl (C=O) groups is 3. The molecule has 0 saturated carbocycles. The molecule has 3 aromatic carbocycles. The monoisotopic (exact) mass is 625 g/mol. The lowest BCUT2D eigenvalue weighted by atomic mass is 10.1. The lowest BCUT2D eigenvalue weighted by Crippen LogP contribution is -2.53. The van der Waals surface area contributed by atoms with Crippen LogP contribution in [0.25, 0.3) is 10.8 Å². The van der Waals surface area contributed by atoms with Crippen molar-refractivity contribution in [2.75, 3.05) is 20.6 Å². The van der Waals surface area contributed by atoms with Crippen molar-refractivity contribution in [2.45, 2.75) is 68.0 Å². The number of thiol groups is 1. The highest BCUT2D eigenvalue weighted by molar-refractivity contribution is 7.89. The van der Waals surface area contributed by atoms with Crippen molar-refractivity contribution in [2.24, 2.45) is 0 Å². The number of likely N-dealkylation sites (N-methyl/N-ethyl adjacent to an activating group) is 1. The molecule has 0 unspecified atom stereocenters. The van der Waals surface area contributed by atoms with Gasteiger partial charge in [-0.3, -0.25) is 9.59 Å². The minimum Gasteiger partial charge on any atom is -0.458 e. The third-order valence-electron chi connectivity index (χ3n) is 7.40. The van der Waals surface area contributed by atoms with Crippen LogP contribution in [0.5, 0.6) is 0 Å². The Morgan fingerprint density at radius 1 is 0.977 bits per heavy atom. The zero-order chi connectivity index (χ0) is 31.5. The van der Waals surface area contributed by atoms with Gasteiger partial charge in [-0.1, -0.05) is 60.7 Å². The number of rotatable bonds is 9. The second-order valence-corrected chi connectivity index (χ2v) is 14.5. The summed E-state index contributed by atoms with van der Waals surface area (Å²) in [5.41, 5.74) is 0.0460. The third kappa shape index (κ3) is 7.76. The lowest BCUT2D eigenvalue weighted by molar-refractivity contribution is -0.166. The lowest BCUT2D eigenvalue weighted by Gasteiger charge is -2.33. The van der Waals surface area contributed by atoms with Crippen LogP contribution in [-0.2, 0) is 35.7 Å². The number of hydrogen-bond donors (Lipinski definition) is 1. The van der Waals surface area contributed by atoms with Gasteiger partial charge in [0.1, 0.15) is 17.7 Å². The number of benzene rings is 3. The number of carbonyl (C=O) groups excluding carboxylic acids is 3. The van der Waals surface area contributed by atoms with E-state index in [1.807, 2.05) is 54.6 Å². The maximum Gasteiger partial charge on any atom is 0.329 e. The molecule has 1 fully saturated rings. The van der Waals surface area contributed by atoms with Gasteiger partial charge in [0.25, 0.3) is 0 Å². The van der Waals surface area contributed by atoms with Crippen molar-refractivity contribution in [1.29, 1.82) is 0 Å². The highest BCUT2D eigenvalue weighted by atomic mass is 32.2. The van der Waals surface area contributed by atoms with E-state index >= 15 is 0 Å². The summed E-state index contributed by atoms with van der Waals surface area (Å²) < 4.78 is 34.5. The van der Waals surface area contributed by atoms with Crippen molar-refractivity contribution < 1.29 is 27.5 Å². The Labute approximate surface area is 259 Å². The molecular formula is C32H39N3O6S2. The number of hydrogen-bond acceptors (Lipinski definition) is 7. The molecule has 3 aromatic rings. The van der Waals surface area contributed by atoms with Crippen LogP contribution in [0.1, 0.15) is 39.2 Å². The molecule has 43 heavy (non-hydrogen) atoms. The third-order valence-corrected chi connectivity index (χ3v) is 9.64. The number of sulfonamides is 1. The minimum absolute atomic E-state index is 0.0262. The summed E-state index contributed by atoms with van der Waals surface area (Å²) in [6.07, 6.45) is -0.170. The number of fused-ring (bicyclic) bond motifs is 1. The summed E-state index contributed by atoms with van der Waals surface area (Å²) >= 11 is 4.53. The fraction of sp³-hybridized carbons (Fsp3) is 0.406. The molecule has 9 nitrogen and oxygen atoms in total. The molecule has 230 valence electrons. The summed E-state index contributed by atoms with van der Waals surface area (Å²) in [5, 5.41) is 1.26. The van der Waals surface area contributed by atoms with Crippen LogP contribution in [0, 0.1) is 0 Å². The average Bonchev–Trinajstić information content (AvgIpc) is 3.36. The summed E-state index contributed by atoms with van der Waals surface area (Å²) in [5.74, 6) is -1.71. The summed E-state index contributed by atoms with van der Waals surface area (Å²) in [6, 6.07) is 19.3. The molecule has 3 atom stereocenters. The van der Waals surface area contributed by atoms with Gasteiger partial charge in [0.2, 0.25) is 21.8 Å². The van der Waals surface area contributed by atoms with Gasteiger partial charge in [-0.05, 0) is 55.7 Å². The van der Waals surface area contributed by atoms with Crippen LogP contribution in [-0.4, -0.2) is 83.9 Å². The smallest absolute Gasteiger partial charge is 0.329 e. The van der Waals surface area contributed by atoms with Crippen LogP contribution in [0.4, 0.5) is 0 Å². The topological polar surface area (TPSA) is 104 Å². The molecule has 0 bridgehead atoms. The molecule has 0 aromatic heterocycles. The van der Waals surface area contributed by atoms with Crippen LogP contribution in [0.2, 0.25) is 0 Å². The normalized spacial score (nSPS) is 18.3. The first-order valence-corrected chi connectivity index (χ1v) is 16.1. The molecule has 1 heterocycles. The van der Waals surface area contributed by atoms with Gasteiger partial charge < -0.3 is 14.5 Å². The number of nitrogens with zero attached hydrogens (tertiary/aromatic N) is 3. The fourth-order valence-electron chi connectivity index (χ4n) is 5.14. The fourth-order valence-corrected chi connectivity index (χ4v) is 7.30. The largest absolute Gasteiger partial charge is 0.458 e. The van der Waals surface area contributed by atoms with Gasteiger partial charge in [0, 0.05) is 32.4 Å². The molecule has 11 heteroatoms. The Morgan fingerprint density at radius 2 is 1.60 bits per heavy atom. The molecule has 4 rings (SSSR count). The van der Waals surface area contributed by atoms with Gasteiger partial charge in [0.05, 0.1) is 11.3 Å². The molecule has 0 N–H and O–H groups in total. The van der Waals surface area contributed by atoms with Gasteiger partial charge in [-0.15, -0.1) is 0 Å². The maximum absolute atomic E-state index is 14.0. The van der Waals surface area contributed by atoms with E-state index in [-0.39, 0.29) is 30.2 Å². The Balaban J connectivity index is 1.60. The van der Waals surface area contributed by atoms with E-state index < -0.39 is 44.8 Å². The van der Waals surface area contributed by atoms with Gasteiger partial charge in [-0.2, -0.15) is 16.9 Å². The van der Waals surface area contributed by atoms with E-state index in [1.165, 1.54) is 18.0 Å². The number of amides is 2. The molecular weight excluding hydrogens is 587 g/mol. The van der Waals surface area contributed by atoms with E-state index in [0.29, 0.717) is 6.54 Å². The second-order valence-electron chi connectivity index (χ2n) is 11.9. The minimum atomic E-state index is -4.09. The van der Waals surface area contributed by atoms with Crippen LogP contribution < -0.4 is 0 Å². The first-order valence-electron chi connectivity index (χ1n) is 14.1. The number of esters is 1. The van der Waals surface area contributed by atoms with E-state index in [0.717, 1.165) is 25.5 Å². The predicted octanol–water partition coefficient (Wildman–Crippen LogP) is 4.12. The Kier molecular flexibility index (Phi) is 9.88. The summed E-state index contributed by atoms with van der Waals surface area (Å²) in [7, 11) is -1.05. The maximum atomic E-state index is 14.0. The molecule has 1 aliphatic heterocycles. The highest BCUT2D eigenvalue weighted by Crippen LogP contribution is 2.32. The van der Waals surface area contributed by atoms with Crippen molar-refractivity contribution >= 4 is 51.2 Å². The van der Waals surface area contributed by atoms with Crippen LogP contribution >= 0.6 is 12.6 Å². The van der Waals surface area contributed by atoms with Gasteiger partial charge in [0.15, 0.2) is 0 Å². The van der Waals surface area contributed by atoms with Crippen molar-refractivity contribution in [1.82, 2.24) is 14.1 Å². The van der Waals surface area contributed by atoms with Gasteiger partial charge in [-0.25, -0.2) is 13.2 Å². The van der Waals surface area contributed by atoms with Crippen molar-refractivity contribution in [3.05, 3.63) is 78.4 Å². The van der Waals surface area contributed by atoms with E-state index in [2.05, 4.69) is 12.6 Å². The Hall–Kier alpha value is -3.41. The van der Waals surface area contributed by atoms with E-state index in [4.69, 9.17) is 4.74 Å². The first-order chi connectivity index (χ1) is 20.2. The Morgan fingerprint density at radius 3 is 2.26 bits per heavy atom. The zero-order valence-electron chi connectivity index (χ0n) is 25.1. The quantitative estimate of drug-likeness (QED) is 0.284. The molecule has 1 saturated heterocycles. The van der Waals surface area contributed by atoms with Gasteiger partial charge >= 0.3 is 5.97 Å². The highest BCUT2D eigenvalue weighted by Gasteiger charge is 2.46. The molecule has 0 radical (unpaired) electrons. The predicted molar refractivity (Wildman–Crippen MR) is 169 cm³/mol. The molecule has 0 aliphatic carbocycles. The van der Waals surface area contributed by atoms with E-state index in [1.54, 1.807) is 40.0 Å². The van der Waals surface area contributed by atoms with E-state index in [9.17, 15) is 22.8 Å². The first kappa shape index (κ1) is 32.5. The summed E-state index contributed by atoms with van der Waals surface area (Å²) in [6.45, 7) is 5.45. The SMILES string of the molecule is CN(Cc1ccccc1)C(=O)C[C@@H](C(=O)OC(C)(C)C)N(C)C(=O)[C@@H]1C[C@@H](S)CN1S(=O)(=O)c1ccc2ccccc2c1. The molecule has 2 amide bonds. The van der Waals surface area contributed by atoms with Crippen LogP contribution in [0.3, 0.4) is 0 Å². The summed E-state index contributed by atoms with van der Waals surface area (Å²) in [4.78, 5) is 43.4. The average molecular weight is 626 g/mol.